The van der Waals surface area contributed by atoms with E-state index in [1.54, 1.807) is 6.07 Å². The molecule has 0 bridgehead atoms. The molecule has 1 fully saturated rings. The number of imidazole rings is 1. The lowest BCUT2D eigenvalue weighted by Crippen LogP contribution is -2.40. The van der Waals surface area contributed by atoms with Crippen LogP contribution in [0, 0.1) is 24.0 Å². The maximum atomic E-state index is 15.0. The van der Waals surface area contributed by atoms with Gasteiger partial charge in [0.1, 0.15) is 22.9 Å². The van der Waals surface area contributed by atoms with Crippen LogP contribution in [0.15, 0.2) is 36.7 Å². The second-order valence-corrected chi connectivity index (χ2v) is 11.3. The Morgan fingerprint density at radius 1 is 1.00 bits per heavy atom. The lowest BCUT2D eigenvalue weighted by Gasteiger charge is -2.43. The van der Waals surface area contributed by atoms with Crippen molar-refractivity contribution in [2.24, 2.45) is 5.41 Å². The molecule has 0 spiro atoms. The summed E-state index contributed by atoms with van der Waals surface area (Å²) in [6.45, 7) is 16.1. The normalized spacial score (nSPS) is 16.6. The predicted octanol–water partition coefficient (Wildman–Crippen LogP) is 7.02. The van der Waals surface area contributed by atoms with E-state index in [9.17, 15) is 4.39 Å². The zero-order chi connectivity index (χ0) is 27.9. The number of likely N-dealkylation sites (tertiary alicyclic amines) is 1. The molecule has 0 amide bonds. The van der Waals surface area contributed by atoms with Crippen LogP contribution >= 0.6 is 0 Å². The van der Waals surface area contributed by atoms with Crippen molar-refractivity contribution < 1.29 is 8.78 Å². The lowest BCUT2D eigenvalue weighted by molar-refractivity contribution is 0.102. The molecule has 0 aliphatic carbocycles. The molecule has 1 saturated heterocycles. The number of nitrogens with zero attached hydrogens (tertiary/aromatic N) is 6. The molecule has 0 unspecified atom stereocenters. The molecule has 1 aliphatic heterocycles. The zero-order valence-corrected chi connectivity index (χ0v) is 23.6. The van der Waals surface area contributed by atoms with E-state index in [2.05, 4.69) is 57.0 Å². The van der Waals surface area contributed by atoms with Crippen LogP contribution in [0.5, 0.6) is 0 Å². The van der Waals surface area contributed by atoms with Crippen molar-refractivity contribution in [2.45, 2.75) is 66.3 Å². The molecule has 206 valence electrons. The average Bonchev–Trinajstić information content (AvgIpc) is 3.27. The van der Waals surface area contributed by atoms with Gasteiger partial charge in [0.05, 0.1) is 11.7 Å². The number of pyridine rings is 1. The van der Waals surface area contributed by atoms with E-state index in [4.69, 9.17) is 0 Å². The van der Waals surface area contributed by atoms with Gasteiger partial charge < -0.3 is 14.8 Å². The molecule has 5 rings (SSSR count). The van der Waals surface area contributed by atoms with E-state index in [1.165, 1.54) is 11.6 Å². The monoisotopic (exact) mass is 533 g/mol. The number of aryl methyl sites for hydroxylation is 1. The Bertz CT molecular complexity index is 1470. The number of hydrogen-bond acceptors (Lipinski definition) is 6. The van der Waals surface area contributed by atoms with Crippen LogP contribution in [0.25, 0.3) is 22.3 Å². The van der Waals surface area contributed by atoms with E-state index in [-0.39, 0.29) is 28.6 Å². The van der Waals surface area contributed by atoms with Crippen molar-refractivity contribution in [2.75, 3.05) is 25.0 Å². The minimum absolute atomic E-state index is 0.0130. The van der Waals surface area contributed by atoms with Crippen molar-refractivity contribution >= 4 is 22.8 Å². The number of piperidine rings is 1. The van der Waals surface area contributed by atoms with Crippen LogP contribution in [0.4, 0.5) is 20.5 Å². The van der Waals surface area contributed by atoms with E-state index < -0.39 is 11.6 Å². The first-order valence-electron chi connectivity index (χ1n) is 13.8. The fourth-order valence-corrected chi connectivity index (χ4v) is 5.75. The molecule has 4 heterocycles. The first-order valence-corrected chi connectivity index (χ1v) is 13.8. The molecular weight excluding hydrogens is 496 g/mol. The number of rotatable bonds is 7. The summed E-state index contributed by atoms with van der Waals surface area (Å²) in [5.74, 6) is 0.673. The molecule has 3 aromatic heterocycles. The maximum Gasteiger partial charge on any atom is 0.229 e. The number of fused-ring (bicyclic) bond motifs is 1. The van der Waals surface area contributed by atoms with Crippen molar-refractivity contribution in [3.8, 4) is 11.3 Å². The smallest absolute Gasteiger partial charge is 0.229 e. The SMILES string of the molecule is CCN1CCC(C)([C@H](C)c2ccc(Nc3ncc(F)c(-c4cc(F)c5nc(C)n(C(C)C)c5c4)n3)nc2)CC1. The Labute approximate surface area is 228 Å². The first-order chi connectivity index (χ1) is 18.6. The van der Waals surface area contributed by atoms with Gasteiger partial charge in [0, 0.05) is 17.8 Å². The average molecular weight is 534 g/mol. The summed E-state index contributed by atoms with van der Waals surface area (Å²) in [4.78, 5) is 20.0. The Morgan fingerprint density at radius 2 is 1.74 bits per heavy atom. The van der Waals surface area contributed by atoms with Gasteiger partial charge >= 0.3 is 0 Å². The van der Waals surface area contributed by atoms with Gasteiger partial charge in [-0.05, 0) is 88.3 Å². The van der Waals surface area contributed by atoms with Gasteiger partial charge in [0.15, 0.2) is 11.6 Å². The first kappa shape index (κ1) is 27.1. The number of benzene rings is 1. The molecule has 1 aliphatic rings. The summed E-state index contributed by atoms with van der Waals surface area (Å²) in [7, 11) is 0. The van der Waals surface area contributed by atoms with Gasteiger partial charge in [-0.1, -0.05) is 26.8 Å². The number of nitrogens with one attached hydrogen (secondary N) is 1. The molecule has 1 aromatic carbocycles. The number of hydrogen-bond donors (Lipinski definition) is 1. The van der Waals surface area contributed by atoms with Gasteiger partial charge in [-0.15, -0.1) is 0 Å². The zero-order valence-electron chi connectivity index (χ0n) is 23.6. The molecule has 7 nitrogen and oxygen atoms in total. The summed E-state index contributed by atoms with van der Waals surface area (Å²) in [6.07, 6.45) is 5.32. The summed E-state index contributed by atoms with van der Waals surface area (Å²) >= 11 is 0. The van der Waals surface area contributed by atoms with Gasteiger partial charge in [-0.25, -0.2) is 28.7 Å². The lowest BCUT2D eigenvalue weighted by atomic mass is 9.69. The minimum Gasteiger partial charge on any atom is -0.326 e. The molecule has 1 N–H and O–H groups in total. The van der Waals surface area contributed by atoms with Gasteiger partial charge in [-0.3, -0.25) is 0 Å². The molecule has 0 radical (unpaired) electrons. The van der Waals surface area contributed by atoms with Crippen LogP contribution in [-0.2, 0) is 0 Å². The largest absolute Gasteiger partial charge is 0.326 e. The van der Waals surface area contributed by atoms with Crippen molar-refractivity contribution in [1.29, 1.82) is 0 Å². The highest BCUT2D eigenvalue weighted by molar-refractivity contribution is 5.83. The van der Waals surface area contributed by atoms with Crippen molar-refractivity contribution in [1.82, 2.24) is 29.4 Å². The predicted molar refractivity (Wildman–Crippen MR) is 151 cm³/mol. The Kier molecular flexibility index (Phi) is 7.37. The molecule has 39 heavy (non-hydrogen) atoms. The van der Waals surface area contributed by atoms with Crippen LogP contribution < -0.4 is 5.32 Å². The number of aromatic nitrogens is 5. The highest BCUT2D eigenvalue weighted by Gasteiger charge is 2.35. The third kappa shape index (κ3) is 5.24. The van der Waals surface area contributed by atoms with E-state index in [0.29, 0.717) is 28.6 Å². The summed E-state index contributed by atoms with van der Waals surface area (Å²) in [5, 5.41) is 3.08. The molecule has 9 heteroatoms. The minimum atomic E-state index is -0.633. The molecule has 1 atom stereocenters. The van der Waals surface area contributed by atoms with Crippen LogP contribution in [0.3, 0.4) is 0 Å². The number of anilines is 2. The van der Waals surface area contributed by atoms with Gasteiger partial charge in [0.2, 0.25) is 5.95 Å². The van der Waals surface area contributed by atoms with Crippen molar-refractivity contribution in [3.05, 3.63) is 59.7 Å². The van der Waals surface area contributed by atoms with Crippen LogP contribution in [-0.4, -0.2) is 49.0 Å². The standard InChI is InChI=1S/C30H37F2N7/c1-7-38-12-10-30(6,11-13-38)19(4)21-8-9-26(33-16-21)36-29-34-17-24(32)27(37-29)22-14-23(31)28-25(15-22)39(18(2)3)20(5)35-28/h8-9,14-19H,7,10-13H2,1-6H3,(H,33,34,36,37)/t19-/m1/s1. The second-order valence-electron chi connectivity index (χ2n) is 11.3. The summed E-state index contributed by atoms with van der Waals surface area (Å²) in [5.41, 5.74) is 2.63. The topological polar surface area (TPSA) is 71.8 Å². The van der Waals surface area contributed by atoms with Crippen LogP contribution in [0.1, 0.15) is 70.8 Å². The van der Waals surface area contributed by atoms with Crippen molar-refractivity contribution in [3.63, 3.8) is 0 Å². The summed E-state index contributed by atoms with van der Waals surface area (Å²) in [6, 6.07) is 7.06. The molecular formula is C30H37F2N7. The highest BCUT2D eigenvalue weighted by atomic mass is 19.1. The maximum absolute atomic E-state index is 15.0. The fourth-order valence-electron chi connectivity index (χ4n) is 5.75. The van der Waals surface area contributed by atoms with E-state index >= 15 is 4.39 Å². The summed E-state index contributed by atoms with van der Waals surface area (Å²) < 4.78 is 31.8. The highest BCUT2D eigenvalue weighted by Crippen LogP contribution is 2.43. The molecule has 4 aromatic rings. The Hall–Kier alpha value is -3.46. The quantitative estimate of drug-likeness (QED) is 0.275. The second kappa shape index (κ2) is 10.6. The Balaban J connectivity index is 1.38. The number of halogens is 2. The Morgan fingerprint density at radius 3 is 2.38 bits per heavy atom. The third-order valence-corrected chi connectivity index (χ3v) is 8.48. The van der Waals surface area contributed by atoms with Crippen LogP contribution in [0.2, 0.25) is 0 Å². The third-order valence-electron chi connectivity index (χ3n) is 8.48. The fraction of sp³-hybridized carbons (Fsp3) is 0.467. The molecule has 0 saturated carbocycles. The van der Waals surface area contributed by atoms with E-state index in [1.807, 2.05) is 37.6 Å². The van der Waals surface area contributed by atoms with Gasteiger partial charge in [0.25, 0.3) is 0 Å². The van der Waals surface area contributed by atoms with E-state index in [0.717, 1.165) is 38.7 Å². The van der Waals surface area contributed by atoms with Gasteiger partial charge in [-0.2, -0.15) is 0 Å².